The summed E-state index contributed by atoms with van der Waals surface area (Å²) in [6.07, 6.45) is 1.44. The van der Waals surface area contributed by atoms with Gasteiger partial charge < -0.3 is 15.1 Å². The summed E-state index contributed by atoms with van der Waals surface area (Å²) in [6, 6.07) is 7.66. The number of halogens is 1. The first kappa shape index (κ1) is 18.0. The second-order valence-electron chi connectivity index (χ2n) is 5.57. The van der Waals surface area contributed by atoms with Crippen LogP contribution in [-0.2, 0) is 9.59 Å². The van der Waals surface area contributed by atoms with Gasteiger partial charge in [0.25, 0.3) is 5.91 Å². The Bertz CT molecular complexity index is 716. The van der Waals surface area contributed by atoms with Crippen molar-refractivity contribution in [1.82, 2.24) is 9.80 Å². The zero-order valence-corrected chi connectivity index (χ0v) is 15.3. The van der Waals surface area contributed by atoms with E-state index in [-0.39, 0.29) is 17.4 Å². The fourth-order valence-corrected chi connectivity index (χ4v) is 2.95. The summed E-state index contributed by atoms with van der Waals surface area (Å²) < 4.78 is 0.967. The number of nitrogens with zero attached hydrogens (tertiary/aromatic N) is 3. The van der Waals surface area contributed by atoms with Crippen molar-refractivity contribution in [3.8, 4) is 6.07 Å². The standard InChI is InChI=1S/C17H19BrN4O2/c1-12-9-15(18)3-4-16(12)20-11-14(10-19)17(24)22-7-5-21(6-8-22)13(2)23/h3-4,9,11,20H,5-8H2,1-2H3/b14-11-. The Hall–Kier alpha value is -2.33. The van der Waals surface area contributed by atoms with Gasteiger partial charge in [-0.15, -0.1) is 0 Å². The second-order valence-corrected chi connectivity index (χ2v) is 6.49. The van der Waals surface area contributed by atoms with Crippen LogP contribution in [0.1, 0.15) is 12.5 Å². The van der Waals surface area contributed by atoms with E-state index in [1.54, 1.807) is 9.80 Å². The third kappa shape index (κ3) is 4.36. The molecule has 7 heteroatoms. The van der Waals surface area contributed by atoms with Crippen molar-refractivity contribution >= 4 is 33.4 Å². The van der Waals surface area contributed by atoms with Crippen molar-refractivity contribution in [3.05, 3.63) is 40.0 Å². The maximum atomic E-state index is 12.5. The minimum Gasteiger partial charge on any atom is -0.360 e. The number of carbonyl (C=O) groups excluding carboxylic acids is 2. The largest absolute Gasteiger partial charge is 0.360 e. The van der Waals surface area contributed by atoms with Crippen molar-refractivity contribution in [1.29, 1.82) is 5.26 Å². The Kier molecular flexibility index (Phi) is 5.99. The summed E-state index contributed by atoms with van der Waals surface area (Å²) in [4.78, 5) is 27.1. The van der Waals surface area contributed by atoms with Gasteiger partial charge in [-0.25, -0.2) is 0 Å². The molecule has 24 heavy (non-hydrogen) atoms. The smallest absolute Gasteiger partial charge is 0.266 e. The zero-order chi connectivity index (χ0) is 17.7. The van der Waals surface area contributed by atoms with E-state index in [1.807, 2.05) is 31.2 Å². The molecule has 0 radical (unpaired) electrons. The van der Waals surface area contributed by atoms with E-state index >= 15 is 0 Å². The van der Waals surface area contributed by atoms with Gasteiger partial charge in [0.15, 0.2) is 0 Å². The first-order valence-corrected chi connectivity index (χ1v) is 8.39. The van der Waals surface area contributed by atoms with E-state index in [9.17, 15) is 14.9 Å². The molecule has 1 aliphatic heterocycles. The topological polar surface area (TPSA) is 76.4 Å². The van der Waals surface area contributed by atoms with Gasteiger partial charge in [0.2, 0.25) is 5.91 Å². The molecule has 1 heterocycles. The molecule has 2 rings (SSSR count). The second kappa shape index (κ2) is 7.97. The molecule has 0 aromatic heterocycles. The molecule has 0 saturated carbocycles. The summed E-state index contributed by atoms with van der Waals surface area (Å²) in [7, 11) is 0. The fourth-order valence-electron chi connectivity index (χ4n) is 2.48. The number of rotatable bonds is 3. The normalized spacial score (nSPS) is 15.0. The van der Waals surface area contributed by atoms with E-state index in [4.69, 9.17) is 0 Å². The molecule has 0 atom stereocenters. The number of aryl methyl sites for hydroxylation is 1. The Morgan fingerprint density at radius 1 is 1.25 bits per heavy atom. The summed E-state index contributed by atoms with van der Waals surface area (Å²) in [5.74, 6) is -0.312. The number of benzene rings is 1. The highest BCUT2D eigenvalue weighted by Gasteiger charge is 2.24. The van der Waals surface area contributed by atoms with E-state index in [0.717, 1.165) is 15.7 Å². The quantitative estimate of drug-likeness (QED) is 0.634. The lowest BCUT2D eigenvalue weighted by Crippen LogP contribution is -2.50. The maximum absolute atomic E-state index is 12.5. The molecule has 0 unspecified atom stereocenters. The van der Waals surface area contributed by atoms with Crippen molar-refractivity contribution in [2.45, 2.75) is 13.8 Å². The molecule has 0 aliphatic carbocycles. The summed E-state index contributed by atoms with van der Waals surface area (Å²) in [5, 5.41) is 12.3. The van der Waals surface area contributed by atoms with Gasteiger partial charge in [-0.05, 0) is 30.7 Å². The first-order chi connectivity index (χ1) is 11.4. The van der Waals surface area contributed by atoms with Crippen molar-refractivity contribution in [2.24, 2.45) is 0 Å². The maximum Gasteiger partial charge on any atom is 0.266 e. The lowest BCUT2D eigenvalue weighted by Gasteiger charge is -2.34. The molecular weight excluding hydrogens is 372 g/mol. The SMILES string of the molecule is CC(=O)N1CCN(C(=O)/C(C#N)=C\Nc2ccc(Br)cc2C)CC1. The van der Waals surface area contributed by atoms with Crippen LogP contribution in [0.2, 0.25) is 0 Å². The number of carbonyl (C=O) groups is 2. The lowest BCUT2D eigenvalue weighted by molar-refractivity contribution is -0.136. The number of nitrogens with one attached hydrogen (secondary N) is 1. The fraction of sp³-hybridized carbons (Fsp3) is 0.353. The molecule has 1 aliphatic rings. The summed E-state index contributed by atoms with van der Waals surface area (Å²) in [6.45, 7) is 5.33. The summed E-state index contributed by atoms with van der Waals surface area (Å²) in [5.41, 5.74) is 1.88. The van der Waals surface area contributed by atoms with E-state index < -0.39 is 0 Å². The van der Waals surface area contributed by atoms with Crippen LogP contribution in [0.15, 0.2) is 34.4 Å². The Morgan fingerprint density at radius 3 is 2.42 bits per heavy atom. The number of amides is 2. The molecule has 1 aromatic rings. The molecule has 0 spiro atoms. The molecule has 6 nitrogen and oxygen atoms in total. The number of anilines is 1. The molecule has 2 amide bonds. The van der Waals surface area contributed by atoms with Crippen molar-refractivity contribution in [2.75, 3.05) is 31.5 Å². The lowest BCUT2D eigenvalue weighted by atomic mass is 10.2. The van der Waals surface area contributed by atoms with Crippen LogP contribution in [0.5, 0.6) is 0 Å². The molecule has 126 valence electrons. The third-order valence-electron chi connectivity index (χ3n) is 3.92. The minimum absolute atomic E-state index is 0.00512. The van der Waals surface area contributed by atoms with E-state index in [2.05, 4.69) is 21.2 Å². The van der Waals surface area contributed by atoms with Crippen molar-refractivity contribution in [3.63, 3.8) is 0 Å². The van der Waals surface area contributed by atoms with Gasteiger partial charge in [-0.2, -0.15) is 5.26 Å². The molecule has 1 aromatic carbocycles. The Labute approximate surface area is 149 Å². The van der Waals surface area contributed by atoms with Crippen LogP contribution < -0.4 is 5.32 Å². The highest BCUT2D eigenvalue weighted by atomic mass is 79.9. The van der Waals surface area contributed by atoms with Crippen LogP contribution in [0.4, 0.5) is 5.69 Å². The van der Waals surface area contributed by atoms with Crippen LogP contribution >= 0.6 is 15.9 Å². The molecular formula is C17H19BrN4O2. The molecule has 1 saturated heterocycles. The van der Waals surface area contributed by atoms with Gasteiger partial charge in [-0.1, -0.05) is 15.9 Å². The molecule has 1 N–H and O–H groups in total. The number of hydrogen-bond donors (Lipinski definition) is 1. The van der Waals surface area contributed by atoms with E-state index in [0.29, 0.717) is 26.2 Å². The number of hydrogen-bond acceptors (Lipinski definition) is 4. The highest BCUT2D eigenvalue weighted by molar-refractivity contribution is 9.10. The molecule has 0 bridgehead atoms. The zero-order valence-electron chi connectivity index (χ0n) is 13.7. The van der Waals surface area contributed by atoms with E-state index in [1.165, 1.54) is 13.1 Å². The van der Waals surface area contributed by atoms with Gasteiger partial charge in [0, 0.05) is 49.5 Å². The van der Waals surface area contributed by atoms with Gasteiger partial charge >= 0.3 is 0 Å². The first-order valence-electron chi connectivity index (χ1n) is 7.60. The molecule has 1 fully saturated rings. The van der Waals surface area contributed by atoms with Gasteiger partial charge in [0.1, 0.15) is 11.6 Å². The number of nitriles is 1. The Morgan fingerprint density at radius 2 is 1.88 bits per heavy atom. The van der Waals surface area contributed by atoms with Crippen molar-refractivity contribution < 1.29 is 9.59 Å². The number of piperazine rings is 1. The van der Waals surface area contributed by atoms with Gasteiger partial charge in [-0.3, -0.25) is 9.59 Å². The van der Waals surface area contributed by atoms with Crippen LogP contribution in [-0.4, -0.2) is 47.8 Å². The predicted octanol–water partition coefficient (Wildman–Crippen LogP) is 2.27. The predicted molar refractivity (Wildman–Crippen MR) is 95.0 cm³/mol. The Balaban J connectivity index is 2.04. The van der Waals surface area contributed by atoms with Crippen LogP contribution in [0.25, 0.3) is 0 Å². The third-order valence-corrected chi connectivity index (χ3v) is 4.42. The average Bonchev–Trinajstić information content (AvgIpc) is 2.57. The van der Waals surface area contributed by atoms with Crippen LogP contribution in [0.3, 0.4) is 0 Å². The summed E-state index contributed by atoms with van der Waals surface area (Å²) >= 11 is 3.40. The minimum atomic E-state index is -0.317. The monoisotopic (exact) mass is 390 g/mol. The average molecular weight is 391 g/mol. The highest BCUT2D eigenvalue weighted by Crippen LogP contribution is 2.20. The van der Waals surface area contributed by atoms with Crippen LogP contribution in [0, 0.1) is 18.3 Å². The van der Waals surface area contributed by atoms with Gasteiger partial charge in [0.05, 0.1) is 0 Å².